The molecule has 28 heavy (non-hydrogen) atoms. The quantitative estimate of drug-likeness (QED) is 0.370. The predicted octanol–water partition coefficient (Wildman–Crippen LogP) is 3.96. The number of benzene rings is 3. The van der Waals surface area contributed by atoms with Crippen molar-refractivity contribution in [3.63, 3.8) is 0 Å². The van der Waals surface area contributed by atoms with Gasteiger partial charge in [-0.25, -0.2) is 0 Å². The molecule has 1 atom stereocenters. The molecule has 0 aliphatic heterocycles. The molecule has 0 spiro atoms. The molecule has 3 N–H and O–H groups in total. The molecule has 7 nitrogen and oxygen atoms in total. The van der Waals surface area contributed by atoms with Crippen molar-refractivity contribution in [2.24, 2.45) is 0 Å². The maximum atomic E-state index is 12.6. The summed E-state index contributed by atoms with van der Waals surface area (Å²) < 4.78 is 0. The van der Waals surface area contributed by atoms with Gasteiger partial charge >= 0.3 is 0 Å². The molecule has 4 rings (SSSR count). The van der Waals surface area contributed by atoms with Crippen molar-refractivity contribution >= 4 is 16.5 Å². The van der Waals surface area contributed by atoms with E-state index < -0.39 is 10.8 Å². The first-order valence-corrected chi connectivity index (χ1v) is 8.69. The molecule has 4 aromatic rings. The monoisotopic (exact) mass is 375 g/mol. The summed E-state index contributed by atoms with van der Waals surface area (Å²) in [6.07, 6.45) is 0. The van der Waals surface area contributed by atoms with E-state index in [9.17, 15) is 20.0 Å². The van der Waals surface area contributed by atoms with Crippen LogP contribution < -0.4 is 5.56 Å². The number of aryl methyl sites for hydroxylation is 1. The Hall–Kier alpha value is -3.87. The molecule has 140 valence electrons. The zero-order valence-corrected chi connectivity index (χ0v) is 15.0. The number of nitro groups is 1. The van der Waals surface area contributed by atoms with E-state index in [0.29, 0.717) is 22.4 Å². The number of non-ortho nitro benzene ring substituents is 1. The van der Waals surface area contributed by atoms with E-state index in [1.54, 1.807) is 31.2 Å². The van der Waals surface area contributed by atoms with Crippen molar-refractivity contribution in [2.45, 2.75) is 12.8 Å². The van der Waals surface area contributed by atoms with Gasteiger partial charge in [0.25, 0.3) is 11.2 Å². The topological polar surface area (TPSA) is 112 Å². The van der Waals surface area contributed by atoms with Crippen LogP contribution >= 0.6 is 0 Å². The Morgan fingerprint density at radius 2 is 1.79 bits per heavy atom. The lowest BCUT2D eigenvalue weighted by Gasteiger charge is -2.20. The average Bonchev–Trinajstić information content (AvgIpc) is 3.02. The third kappa shape index (κ3) is 2.83. The van der Waals surface area contributed by atoms with Gasteiger partial charge in [-0.3, -0.25) is 20.0 Å². The number of hydrogen-bond acceptors (Lipinski definition) is 4. The van der Waals surface area contributed by atoms with E-state index in [1.807, 2.05) is 24.3 Å². The Labute approximate surface area is 159 Å². The largest absolute Gasteiger partial charge is 0.508 e. The normalized spacial score (nSPS) is 12.2. The predicted molar refractivity (Wildman–Crippen MR) is 106 cm³/mol. The van der Waals surface area contributed by atoms with Crippen molar-refractivity contribution < 1.29 is 10.0 Å². The van der Waals surface area contributed by atoms with Gasteiger partial charge in [-0.1, -0.05) is 42.5 Å². The van der Waals surface area contributed by atoms with E-state index >= 15 is 0 Å². The molecule has 0 fully saturated rings. The lowest BCUT2D eigenvalue weighted by atomic mass is 9.82. The second kappa shape index (κ2) is 6.70. The summed E-state index contributed by atoms with van der Waals surface area (Å²) >= 11 is 0. The van der Waals surface area contributed by atoms with Crippen LogP contribution in [0.1, 0.15) is 28.3 Å². The third-order valence-electron chi connectivity index (χ3n) is 4.95. The minimum Gasteiger partial charge on any atom is -0.508 e. The highest BCUT2D eigenvalue weighted by Crippen LogP contribution is 2.41. The maximum Gasteiger partial charge on any atom is 0.269 e. The second-order valence-electron chi connectivity index (χ2n) is 6.62. The molecule has 7 heteroatoms. The van der Waals surface area contributed by atoms with Crippen molar-refractivity contribution in [2.75, 3.05) is 0 Å². The number of nitro benzene ring substituents is 1. The highest BCUT2D eigenvalue weighted by atomic mass is 16.6. The summed E-state index contributed by atoms with van der Waals surface area (Å²) in [6.45, 7) is 1.75. The van der Waals surface area contributed by atoms with Gasteiger partial charge in [0.05, 0.1) is 10.5 Å². The van der Waals surface area contributed by atoms with Gasteiger partial charge in [0.2, 0.25) is 0 Å². The van der Waals surface area contributed by atoms with Crippen LogP contribution in [-0.4, -0.2) is 20.2 Å². The second-order valence-corrected chi connectivity index (χ2v) is 6.62. The van der Waals surface area contributed by atoms with Gasteiger partial charge in [-0.15, -0.1) is 0 Å². The number of aromatic nitrogens is 2. The van der Waals surface area contributed by atoms with Crippen LogP contribution in [0.25, 0.3) is 10.8 Å². The number of fused-ring (bicyclic) bond motifs is 1. The highest BCUT2D eigenvalue weighted by molar-refractivity contribution is 5.89. The standard InChI is InChI=1S/C21H17N3O4/c1-12-18(21(26)23-22-12)19(14-6-4-7-15(11-14)24(27)28)20-16-8-3-2-5-13(16)9-10-17(20)25/h2-11,19,25H,1H3,(H2,22,23,26). The van der Waals surface area contributed by atoms with Crippen LogP contribution in [0.4, 0.5) is 5.69 Å². The fourth-order valence-electron chi connectivity index (χ4n) is 3.69. The summed E-state index contributed by atoms with van der Waals surface area (Å²) in [7, 11) is 0. The number of aromatic hydroxyl groups is 1. The first-order valence-electron chi connectivity index (χ1n) is 8.69. The summed E-state index contributed by atoms with van der Waals surface area (Å²) in [5.74, 6) is -0.656. The van der Waals surface area contributed by atoms with Crippen LogP contribution in [0.2, 0.25) is 0 Å². The fraction of sp³-hybridized carbons (Fsp3) is 0.0952. The molecule has 0 radical (unpaired) electrons. The number of nitrogens with zero attached hydrogens (tertiary/aromatic N) is 1. The van der Waals surface area contributed by atoms with E-state index in [2.05, 4.69) is 10.2 Å². The molecule has 1 heterocycles. The molecule has 1 aromatic heterocycles. The summed E-state index contributed by atoms with van der Waals surface area (Å²) in [5, 5.41) is 29.1. The molecule has 0 saturated carbocycles. The zero-order valence-electron chi connectivity index (χ0n) is 15.0. The third-order valence-corrected chi connectivity index (χ3v) is 4.95. The Morgan fingerprint density at radius 3 is 2.50 bits per heavy atom. The number of aromatic amines is 2. The Kier molecular flexibility index (Phi) is 4.19. The van der Waals surface area contributed by atoms with E-state index in [4.69, 9.17) is 0 Å². The van der Waals surface area contributed by atoms with Gasteiger partial charge < -0.3 is 10.2 Å². The SMILES string of the molecule is Cc1[nH][nH]c(=O)c1C(c1cccc([N+](=O)[O-])c1)c1c(O)ccc2ccccc12. The smallest absolute Gasteiger partial charge is 0.269 e. The number of H-pyrrole nitrogens is 2. The maximum absolute atomic E-state index is 12.6. The summed E-state index contributed by atoms with van der Waals surface area (Å²) in [4.78, 5) is 23.4. The van der Waals surface area contributed by atoms with Crippen molar-refractivity contribution in [1.29, 1.82) is 0 Å². The number of phenols is 1. The number of hydrogen-bond donors (Lipinski definition) is 3. The molecule has 3 aromatic carbocycles. The minimum atomic E-state index is -0.680. The van der Waals surface area contributed by atoms with Crippen LogP contribution in [0.5, 0.6) is 5.75 Å². The van der Waals surface area contributed by atoms with E-state index in [-0.39, 0.29) is 17.0 Å². The Balaban J connectivity index is 2.09. The Morgan fingerprint density at radius 1 is 1.00 bits per heavy atom. The molecule has 1 unspecified atom stereocenters. The molecule has 0 aliphatic carbocycles. The highest BCUT2D eigenvalue weighted by Gasteiger charge is 2.28. The minimum absolute atomic E-state index is 0.0233. The molecule has 0 amide bonds. The molecular formula is C21H17N3O4. The molecule has 0 saturated heterocycles. The van der Waals surface area contributed by atoms with E-state index in [1.165, 1.54) is 12.1 Å². The lowest BCUT2D eigenvalue weighted by Crippen LogP contribution is -2.15. The van der Waals surface area contributed by atoms with Gasteiger partial charge in [0, 0.05) is 29.3 Å². The fourth-order valence-corrected chi connectivity index (χ4v) is 3.69. The summed E-state index contributed by atoms with van der Waals surface area (Å²) in [5.41, 5.74) is 1.69. The molecule has 0 aliphatic rings. The van der Waals surface area contributed by atoms with Crippen LogP contribution in [0.3, 0.4) is 0 Å². The van der Waals surface area contributed by atoms with Gasteiger partial charge in [-0.2, -0.15) is 0 Å². The van der Waals surface area contributed by atoms with Crippen molar-refractivity contribution in [3.05, 3.63) is 104 Å². The van der Waals surface area contributed by atoms with Gasteiger partial charge in [0.15, 0.2) is 0 Å². The Bertz CT molecular complexity index is 1260. The van der Waals surface area contributed by atoms with Crippen molar-refractivity contribution in [1.82, 2.24) is 10.2 Å². The van der Waals surface area contributed by atoms with Crippen LogP contribution in [-0.2, 0) is 0 Å². The van der Waals surface area contributed by atoms with Crippen LogP contribution in [0.15, 0.2) is 65.5 Å². The molecule has 0 bridgehead atoms. The van der Waals surface area contributed by atoms with Gasteiger partial charge in [0.1, 0.15) is 5.75 Å². The number of phenolic OH excluding ortho intramolecular Hbond substituents is 1. The van der Waals surface area contributed by atoms with Crippen molar-refractivity contribution in [3.8, 4) is 5.75 Å². The first kappa shape index (κ1) is 17.5. The average molecular weight is 375 g/mol. The zero-order chi connectivity index (χ0) is 19.8. The lowest BCUT2D eigenvalue weighted by molar-refractivity contribution is -0.384. The number of nitrogens with one attached hydrogen (secondary N) is 2. The van der Waals surface area contributed by atoms with Crippen LogP contribution in [0, 0.1) is 17.0 Å². The van der Waals surface area contributed by atoms with E-state index in [0.717, 1.165) is 10.8 Å². The molecular weight excluding hydrogens is 358 g/mol. The first-order chi connectivity index (χ1) is 13.5. The summed E-state index contributed by atoms with van der Waals surface area (Å²) in [6, 6.07) is 17.1. The van der Waals surface area contributed by atoms with Gasteiger partial charge in [-0.05, 0) is 29.3 Å². The number of rotatable bonds is 4.